The number of aliphatic hydroxyl groups is 1. The van der Waals surface area contributed by atoms with Crippen molar-refractivity contribution < 1.29 is 22.7 Å². The van der Waals surface area contributed by atoms with Crippen LogP contribution in [0.25, 0.3) is 0 Å². The molecule has 0 aliphatic carbocycles. The van der Waals surface area contributed by atoms with Crippen LogP contribution < -0.4 is 10.0 Å². The molecule has 0 spiro atoms. The van der Waals surface area contributed by atoms with E-state index in [2.05, 4.69) is 10.0 Å². The zero-order valence-electron chi connectivity index (χ0n) is 12.4. The van der Waals surface area contributed by atoms with Crippen molar-refractivity contribution in [2.24, 2.45) is 0 Å². The highest BCUT2D eigenvalue weighted by Gasteiger charge is 2.35. The molecule has 6 nitrogen and oxygen atoms in total. The third-order valence-electron chi connectivity index (χ3n) is 3.48. The number of ether oxygens (including phenoxy) is 1. The van der Waals surface area contributed by atoms with E-state index < -0.39 is 21.4 Å². The van der Waals surface area contributed by atoms with Gasteiger partial charge in [0.05, 0.1) is 31.1 Å². The Morgan fingerprint density at radius 3 is 2.95 bits per heavy atom. The first-order chi connectivity index (χ1) is 10.3. The molecule has 0 amide bonds. The molecule has 1 fully saturated rings. The predicted molar refractivity (Wildman–Crippen MR) is 80.3 cm³/mol. The minimum absolute atomic E-state index is 0.00545. The van der Waals surface area contributed by atoms with Gasteiger partial charge in [0.25, 0.3) is 0 Å². The fourth-order valence-corrected chi connectivity index (χ4v) is 3.65. The number of nitrogens with one attached hydrogen (secondary N) is 2. The minimum Gasteiger partial charge on any atom is -0.394 e. The van der Waals surface area contributed by atoms with Crippen LogP contribution in [0.4, 0.5) is 4.39 Å². The van der Waals surface area contributed by atoms with Crippen LogP contribution in [0.5, 0.6) is 0 Å². The number of aliphatic hydroxyl groups excluding tert-OH is 1. The van der Waals surface area contributed by atoms with Crippen molar-refractivity contribution in [3.63, 3.8) is 0 Å². The number of hydrogen-bond acceptors (Lipinski definition) is 5. The Morgan fingerprint density at radius 2 is 2.32 bits per heavy atom. The van der Waals surface area contributed by atoms with Crippen molar-refractivity contribution >= 4 is 10.0 Å². The molecule has 1 heterocycles. The van der Waals surface area contributed by atoms with Gasteiger partial charge in [-0.05, 0) is 24.6 Å². The van der Waals surface area contributed by atoms with E-state index >= 15 is 0 Å². The summed E-state index contributed by atoms with van der Waals surface area (Å²) < 4.78 is 45.2. The molecule has 0 bridgehead atoms. The third-order valence-corrected chi connectivity index (χ3v) is 4.78. The molecule has 22 heavy (non-hydrogen) atoms. The Morgan fingerprint density at radius 1 is 1.55 bits per heavy atom. The maximum absolute atomic E-state index is 13.1. The molecular weight excluding hydrogens is 311 g/mol. The van der Waals surface area contributed by atoms with Crippen molar-refractivity contribution in [3.05, 3.63) is 35.6 Å². The second-order valence-corrected chi connectivity index (χ2v) is 7.52. The van der Waals surface area contributed by atoms with Crippen LogP contribution in [0.1, 0.15) is 12.5 Å². The topological polar surface area (TPSA) is 87.7 Å². The molecule has 1 aliphatic heterocycles. The summed E-state index contributed by atoms with van der Waals surface area (Å²) in [5.41, 5.74) is -0.473. The molecule has 8 heteroatoms. The molecule has 0 unspecified atom stereocenters. The van der Waals surface area contributed by atoms with Crippen molar-refractivity contribution in [2.75, 3.05) is 26.4 Å². The van der Waals surface area contributed by atoms with Gasteiger partial charge in [-0.15, -0.1) is 0 Å². The molecule has 2 atom stereocenters. The normalized spacial score (nSPS) is 26.0. The second-order valence-electron chi connectivity index (χ2n) is 5.71. The van der Waals surface area contributed by atoms with Gasteiger partial charge in [-0.2, -0.15) is 0 Å². The summed E-state index contributed by atoms with van der Waals surface area (Å²) in [6.07, 6.45) is 0. The van der Waals surface area contributed by atoms with E-state index in [9.17, 15) is 17.9 Å². The summed E-state index contributed by atoms with van der Waals surface area (Å²) in [5.74, 6) is -0.793. The van der Waals surface area contributed by atoms with Gasteiger partial charge in [0.15, 0.2) is 0 Å². The van der Waals surface area contributed by atoms with Gasteiger partial charge in [-0.25, -0.2) is 17.5 Å². The maximum atomic E-state index is 13.1. The average Bonchev–Trinajstić information content (AvgIpc) is 2.45. The molecule has 1 aliphatic rings. The van der Waals surface area contributed by atoms with Gasteiger partial charge in [0, 0.05) is 12.6 Å². The number of sulfonamides is 1. The van der Waals surface area contributed by atoms with E-state index in [4.69, 9.17) is 4.74 Å². The van der Waals surface area contributed by atoms with Crippen molar-refractivity contribution in [3.8, 4) is 0 Å². The monoisotopic (exact) mass is 332 g/mol. The Bertz CT molecular complexity index is 611. The van der Waals surface area contributed by atoms with E-state index in [1.54, 1.807) is 6.07 Å². The number of benzene rings is 1. The highest BCUT2D eigenvalue weighted by Crippen LogP contribution is 2.13. The molecule has 124 valence electrons. The molecular formula is C14H21FN2O4S. The van der Waals surface area contributed by atoms with Crippen molar-refractivity contribution in [1.29, 1.82) is 0 Å². The van der Waals surface area contributed by atoms with Crippen LogP contribution in [0.15, 0.2) is 24.3 Å². The minimum atomic E-state index is -3.64. The first kappa shape index (κ1) is 17.3. The maximum Gasteiger partial charge on any atom is 0.215 e. The van der Waals surface area contributed by atoms with Gasteiger partial charge < -0.3 is 15.2 Å². The zero-order chi connectivity index (χ0) is 16.2. The smallest absolute Gasteiger partial charge is 0.215 e. The van der Waals surface area contributed by atoms with Crippen LogP contribution in [0, 0.1) is 5.82 Å². The van der Waals surface area contributed by atoms with Crippen LogP contribution in [0.3, 0.4) is 0 Å². The first-order valence-corrected chi connectivity index (χ1v) is 8.67. The average molecular weight is 332 g/mol. The largest absolute Gasteiger partial charge is 0.394 e. The molecule has 2 rings (SSSR count). The van der Waals surface area contributed by atoms with Gasteiger partial charge in [-0.1, -0.05) is 12.1 Å². The van der Waals surface area contributed by atoms with Crippen molar-refractivity contribution in [2.45, 2.75) is 24.3 Å². The van der Waals surface area contributed by atoms with Gasteiger partial charge >= 0.3 is 0 Å². The third kappa shape index (κ3) is 4.72. The van der Waals surface area contributed by atoms with E-state index in [0.717, 1.165) is 0 Å². The molecule has 1 aromatic rings. The lowest BCUT2D eigenvalue weighted by Crippen LogP contribution is -2.65. The summed E-state index contributed by atoms with van der Waals surface area (Å²) in [6, 6.07) is 5.48. The predicted octanol–water partition coefficient (Wildman–Crippen LogP) is -0.0155. The van der Waals surface area contributed by atoms with E-state index in [0.29, 0.717) is 12.2 Å². The number of halogens is 1. The molecule has 3 N–H and O–H groups in total. The molecule has 0 radical (unpaired) electrons. The first-order valence-electron chi connectivity index (χ1n) is 7.02. The number of hydrogen-bond donors (Lipinski definition) is 3. The Kier molecular flexibility index (Phi) is 5.51. The Labute approximate surface area is 129 Å². The second kappa shape index (κ2) is 7.01. The van der Waals surface area contributed by atoms with Gasteiger partial charge in [0.1, 0.15) is 5.82 Å². The standard InChI is InChI=1S/C14H21FN2O4S/c1-11-6-21-10-14(9-18,17-11)8-16-22(19,20)7-12-3-2-4-13(15)5-12/h2-5,11,16-18H,6-10H2,1H3/t11-,14+/m1/s1. The SMILES string of the molecule is C[C@@H]1COC[C@@](CO)(CNS(=O)(=O)Cc2cccc(F)c2)N1. The molecule has 1 aromatic carbocycles. The van der Waals surface area contributed by atoms with Crippen LogP contribution in [-0.4, -0.2) is 51.5 Å². The summed E-state index contributed by atoms with van der Waals surface area (Å²) >= 11 is 0. The van der Waals surface area contributed by atoms with E-state index in [1.165, 1.54) is 18.2 Å². The Balaban J connectivity index is 1.99. The lowest BCUT2D eigenvalue weighted by molar-refractivity contribution is -0.0190. The highest BCUT2D eigenvalue weighted by molar-refractivity contribution is 7.88. The van der Waals surface area contributed by atoms with Gasteiger partial charge in [0.2, 0.25) is 10.0 Å². The Hall–Kier alpha value is -1.06. The molecule has 0 aromatic heterocycles. The van der Waals surface area contributed by atoms with Crippen LogP contribution >= 0.6 is 0 Å². The quantitative estimate of drug-likeness (QED) is 0.682. The van der Waals surface area contributed by atoms with Crippen molar-refractivity contribution in [1.82, 2.24) is 10.0 Å². The van der Waals surface area contributed by atoms with E-state index in [-0.39, 0.29) is 31.6 Å². The fourth-order valence-electron chi connectivity index (χ4n) is 2.43. The molecule has 1 saturated heterocycles. The molecule has 0 saturated carbocycles. The summed E-state index contributed by atoms with van der Waals surface area (Å²) in [5, 5.41) is 12.7. The van der Waals surface area contributed by atoms with Crippen LogP contribution in [-0.2, 0) is 20.5 Å². The summed E-state index contributed by atoms with van der Waals surface area (Å²) in [4.78, 5) is 0. The summed E-state index contributed by atoms with van der Waals surface area (Å²) in [6.45, 7) is 2.38. The highest BCUT2D eigenvalue weighted by atomic mass is 32.2. The zero-order valence-corrected chi connectivity index (χ0v) is 13.2. The fraction of sp³-hybridized carbons (Fsp3) is 0.571. The lowest BCUT2D eigenvalue weighted by atomic mass is 9.99. The van der Waals surface area contributed by atoms with E-state index in [1.807, 2.05) is 6.92 Å². The lowest BCUT2D eigenvalue weighted by Gasteiger charge is -2.39. The number of morpholine rings is 1. The summed E-state index contributed by atoms with van der Waals surface area (Å²) in [7, 11) is -3.64. The van der Waals surface area contributed by atoms with Gasteiger partial charge in [-0.3, -0.25) is 0 Å². The van der Waals surface area contributed by atoms with Crippen LogP contribution in [0.2, 0.25) is 0 Å². The number of rotatable bonds is 6.